The van der Waals surface area contributed by atoms with Gasteiger partial charge < -0.3 is 32.0 Å². The highest BCUT2D eigenvalue weighted by molar-refractivity contribution is 8.00. The lowest BCUT2D eigenvalue weighted by Gasteiger charge is -2.49. The maximum Gasteiger partial charge on any atom is 0.352 e. The van der Waals surface area contributed by atoms with Gasteiger partial charge in [0.15, 0.2) is 29.8 Å². The fourth-order valence-electron chi connectivity index (χ4n) is 4.35. The van der Waals surface area contributed by atoms with Crippen LogP contribution < -0.4 is 26.7 Å². The Morgan fingerprint density at radius 3 is 2.65 bits per heavy atom. The number of thioether (sulfide) groups is 1. The number of oxime groups is 1. The Morgan fingerprint density at radius 2 is 2.05 bits per heavy atom. The molecule has 1 unspecified atom stereocenters. The maximum absolute atomic E-state index is 13.2. The highest BCUT2D eigenvalue weighted by Crippen LogP contribution is 2.40. The fourth-order valence-corrected chi connectivity index (χ4v) is 6.23. The molecular formula is C23H23N8O7S2+. The van der Waals surface area contributed by atoms with Gasteiger partial charge >= 0.3 is 5.97 Å². The molecule has 3 aliphatic heterocycles. The molecule has 208 valence electrons. The molecule has 2 aromatic heterocycles. The van der Waals surface area contributed by atoms with E-state index in [2.05, 4.69) is 20.8 Å². The zero-order valence-electron chi connectivity index (χ0n) is 20.6. The van der Waals surface area contributed by atoms with E-state index in [-0.39, 0.29) is 40.4 Å². The predicted molar refractivity (Wildman–Crippen MR) is 140 cm³/mol. The molecule has 0 spiro atoms. The summed E-state index contributed by atoms with van der Waals surface area (Å²) in [5.74, 6) is -3.36. The number of fused-ring (bicyclic) bond motifs is 1. The third-order valence-corrected chi connectivity index (χ3v) is 8.35. The lowest BCUT2D eigenvalue weighted by atomic mass is 10.0. The molecule has 2 fully saturated rings. The highest BCUT2D eigenvalue weighted by atomic mass is 32.2. The molecule has 0 aliphatic carbocycles. The minimum atomic E-state index is -1.28. The van der Waals surface area contributed by atoms with Gasteiger partial charge in [0.05, 0.1) is 5.56 Å². The Labute approximate surface area is 234 Å². The number of nitrogens with one attached hydrogen (secondary N) is 2. The van der Waals surface area contributed by atoms with Crippen molar-refractivity contribution < 1.29 is 38.5 Å². The number of pyridine rings is 1. The molecule has 5 rings (SSSR count). The number of hydrogen-bond donors (Lipinski definition) is 5. The summed E-state index contributed by atoms with van der Waals surface area (Å²) < 4.78 is 1.67. The molecule has 0 aromatic carbocycles. The first-order valence-electron chi connectivity index (χ1n) is 11.9. The summed E-state index contributed by atoms with van der Waals surface area (Å²) in [6.07, 6.45) is 2.67. The number of β-lactam (4-membered cyclic amide) rings is 1. The number of primary amides is 1. The van der Waals surface area contributed by atoms with Crippen LogP contribution in [0.2, 0.25) is 0 Å². The molecule has 0 bridgehead atoms. The summed E-state index contributed by atoms with van der Waals surface area (Å²) >= 11 is 2.36. The number of nitrogens with zero attached hydrogens (tertiary/aromatic N) is 4. The van der Waals surface area contributed by atoms with Gasteiger partial charge in [-0.05, 0) is 0 Å². The molecule has 0 saturated carbocycles. The SMILES string of the molecule is NC(=O)c1cc[n+](CC2=C(C(=O)O)N3C(=O)[C@@H](NC(=O)/C(=N\OC4CCNC4=O)c4csc(N)n4)[C@@H]3SC2)cc1. The molecule has 17 heteroatoms. The van der Waals surface area contributed by atoms with Crippen molar-refractivity contribution in [3.63, 3.8) is 0 Å². The molecule has 2 saturated heterocycles. The molecule has 3 aliphatic rings. The van der Waals surface area contributed by atoms with Crippen LogP contribution in [0.4, 0.5) is 5.13 Å². The Kier molecular flexibility index (Phi) is 7.40. The number of nitrogens with two attached hydrogens (primary N) is 2. The molecule has 0 radical (unpaired) electrons. The first-order valence-corrected chi connectivity index (χ1v) is 13.8. The molecule has 3 atom stereocenters. The van der Waals surface area contributed by atoms with E-state index in [4.69, 9.17) is 16.3 Å². The Hall–Kier alpha value is -4.51. The number of hydrogen-bond acceptors (Lipinski definition) is 11. The average molecular weight is 588 g/mol. The number of carbonyl (C=O) groups excluding carboxylic acids is 4. The van der Waals surface area contributed by atoms with Crippen LogP contribution in [0.5, 0.6) is 0 Å². The van der Waals surface area contributed by atoms with E-state index in [1.807, 2.05) is 0 Å². The molecule has 5 heterocycles. The minimum absolute atomic E-state index is 0.103. The number of carboxylic acid groups (broad SMARTS) is 1. The molecule has 40 heavy (non-hydrogen) atoms. The van der Waals surface area contributed by atoms with Gasteiger partial charge in [-0.3, -0.25) is 24.1 Å². The second-order valence-electron chi connectivity index (χ2n) is 8.93. The standard InChI is InChI=1S/C23H22N8O7S2/c24-17(32)10-2-5-30(6-3-10)7-11-8-39-21-15(20(35)31(21)16(11)22(36)37)28-19(34)14(12-9-40-23(25)27-12)29-38-13-1-4-26-18(13)33/h2-3,5-6,9,13,15,21H,1,4,7-8H2,(H6-,24,25,26,27,28,32,33,34,36,37)/p+1/b29-14-/t13?,15-,21+/m1/s1. The maximum atomic E-state index is 13.2. The van der Waals surface area contributed by atoms with E-state index in [9.17, 15) is 29.1 Å². The first kappa shape index (κ1) is 27.1. The number of amides is 4. The monoisotopic (exact) mass is 587 g/mol. The Balaban J connectivity index is 1.33. The van der Waals surface area contributed by atoms with Gasteiger partial charge in [-0.1, -0.05) is 5.16 Å². The van der Waals surface area contributed by atoms with Crippen LogP contribution in [-0.4, -0.2) is 80.1 Å². The number of anilines is 1. The lowest BCUT2D eigenvalue weighted by Crippen LogP contribution is -2.71. The van der Waals surface area contributed by atoms with Crippen LogP contribution in [0, 0.1) is 0 Å². The van der Waals surface area contributed by atoms with Crippen LogP contribution in [0.25, 0.3) is 0 Å². The smallest absolute Gasteiger partial charge is 0.352 e. The summed E-state index contributed by atoms with van der Waals surface area (Å²) in [4.78, 5) is 72.2. The van der Waals surface area contributed by atoms with Crippen molar-refractivity contribution in [1.82, 2.24) is 20.5 Å². The largest absolute Gasteiger partial charge is 0.477 e. The Bertz CT molecular complexity index is 1470. The van der Waals surface area contributed by atoms with Crippen molar-refractivity contribution in [3.05, 3.63) is 52.4 Å². The average Bonchev–Trinajstić information content (AvgIpc) is 3.54. The zero-order chi connectivity index (χ0) is 28.6. The van der Waals surface area contributed by atoms with Gasteiger partial charge in [-0.2, -0.15) is 0 Å². The second-order valence-corrected chi connectivity index (χ2v) is 10.9. The summed E-state index contributed by atoms with van der Waals surface area (Å²) in [5.41, 5.74) is 11.4. The van der Waals surface area contributed by atoms with Crippen LogP contribution in [0.3, 0.4) is 0 Å². The van der Waals surface area contributed by atoms with Crippen LogP contribution in [-0.2, 0) is 30.6 Å². The Morgan fingerprint density at radius 1 is 1.30 bits per heavy atom. The number of nitrogen functional groups attached to an aromatic ring is 1. The van der Waals surface area contributed by atoms with Crippen molar-refractivity contribution in [2.45, 2.75) is 30.5 Å². The van der Waals surface area contributed by atoms with Crippen LogP contribution >= 0.6 is 23.1 Å². The van der Waals surface area contributed by atoms with Gasteiger partial charge in [-0.25, -0.2) is 14.3 Å². The van der Waals surface area contributed by atoms with E-state index in [1.54, 1.807) is 17.0 Å². The zero-order valence-corrected chi connectivity index (χ0v) is 22.2. The third kappa shape index (κ3) is 5.20. The molecule has 15 nitrogen and oxygen atoms in total. The predicted octanol–water partition coefficient (Wildman–Crippen LogP) is -1.84. The number of carbonyl (C=O) groups is 5. The van der Waals surface area contributed by atoms with E-state index in [0.717, 1.165) is 16.2 Å². The van der Waals surface area contributed by atoms with Gasteiger partial charge in [0, 0.05) is 41.8 Å². The van der Waals surface area contributed by atoms with Crippen molar-refractivity contribution in [2.75, 3.05) is 18.0 Å². The third-order valence-electron chi connectivity index (χ3n) is 6.33. The lowest BCUT2D eigenvalue weighted by molar-refractivity contribution is -0.689. The normalized spacial score (nSPS) is 22.4. The fraction of sp³-hybridized carbons (Fsp3) is 0.304. The topological polar surface area (TPSA) is 223 Å². The number of carboxylic acids is 1. The summed E-state index contributed by atoms with van der Waals surface area (Å²) in [6, 6.07) is 1.99. The van der Waals surface area contributed by atoms with Gasteiger partial charge in [0.1, 0.15) is 22.8 Å². The number of rotatable bonds is 9. The van der Waals surface area contributed by atoms with Crippen LogP contribution in [0.1, 0.15) is 22.5 Å². The van der Waals surface area contributed by atoms with E-state index in [1.165, 1.54) is 29.3 Å². The van der Waals surface area contributed by atoms with Crippen molar-refractivity contribution in [3.8, 4) is 0 Å². The summed E-state index contributed by atoms with van der Waals surface area (Å²) in [5, 5.41) is 20.0. The second kappa shape index (κ2) is 10.9. The number of aromatic nitrogens is 2. The van der Waals surface area contributed by atoms with Crippen molar-refractivity contribution in [2.24, 2.45) is 10.9 Å². The van der Waals surface area contributed by atoms with E-state index in [0.29, 0.717) is 24.1 Å². The number of aliphatic carboxylic acids is 1. The van der Waals surface area contributed by atoms with Crippen molar-refractivity contribution in [1.29, 1.82) is 0 Å². The molecular weight excluding hydrogens is 564 g/mol. The highest BCUT2D eigenvalue weighted by Gasteiger charge is 2.54. The summed E-state index contributed by atoms with van der Waals surface area (Å²) in [7, 11) is 0. The van der Waals surface area contributed by atoms with E-state index < -0.39 is 41.2 Å². The summed E-state index contributed by atoms with van der Waals surface area (Å²) in [6.45, 7) is 0.573. The minimum Gasteiger partial charge on any atom is -0.477 e. The molecule has 4 amide bonds. The van der Waals surface area contributed by atoms with E-state index >= 15 is 0 Å². The molecule has 2 aromatic rings. The van der Waals surface area contributed by atoms with Gasteiger partial charge in [0.2, 0.25) is 12.0 Å². The first-order chi connectivity index (χ1) is 19.1. The number of thiazole rings is 1. The van der Waals surface area contributed by atoms with Gasteiger partial charge in [-0.15, -0.1) is 23.1 Å². The quantitative estimate of drug-likeness (QED) is 0.0954. The van der Waals surface area contributed by atoms with Gasteiger partial charge in [0.25, 0.3) is 17.7 Å². The van der Waals surface area contributed by atoms with Crippen LogP contribution in [0.15, 0.2) is 46.3 Å². The van der Waals surface area contributed by atoms with Crippen molar-refractivity contribution >= 4 is 63.5 Å². The molecule has 7 N–H and O–H groups in total.